The number of rotatable bonds is 4. The van der Waals surface area contributed by atoms with Gasteiger partial charge >= 0.3 is 5.97 Å². The average Bonchev–Trinajstić information content (AvgIpc) is 2.59. The van der Waals surface area contributed by atoms with Crippen LogP contribution in [0.1, 0.15) is 16.8 Å². The quantitative estimate of drug-likeness (QED) is 0.661. The summed E-state index contributed by atoms with van der Waals surface area (Å²) in [6, 6.07) is 0. The van der Waals surface area contributed by atoms with Crippen LogP contribution in [0.15, 0.2) is 6.20 Å². The van der Waals surface area contributed by atoms with Crippen LogP contribution in [0, 0.1) is 0 Å². The van der Waals surface area contributed by atoms with Crippen LogP contribution in [0.4, 0.5) is 5.82 Å². The van der Waals surface area contributed by atoms with E-state index in [-0.39, 0.29) is 30.7 Å². The first kappa shape index (κ1) is 12.0. The Balaban J connectivity index is 2.47. The first-order valence-corrected chi connectivity index (χ1v) is 4.68. The molecule has 0 bridgehead atoms. The highest BCUT2D eigenvalue weighted by atomic mass is 16.5. The smallest absolute Gasteiger partial charge is 0.307 e. The molecule has 0 aromatic carbocycles. The summed E-state index contributed by atoms with van der Waals surface area (Å²) in [5.74, 6) is -0.440. The summed E-state index contributed by atoms with van der Waals surface area (Å²) in [6.07, 6.45) is 1.51. The summed E-state index contributed by atoms with van der Waals surface area (Å²) < 4.78 is 5.83. The van der Waals surface area contributed by atoms with E-state index < -0.39 is 0 Å². The molecule has 0 saturated carbocycles. The summed E-state index contributed by atoms with van der Waals surface area (Å²) in [6.45, 7) is 0.208. The van der Waals surface area contributed by atoms with Gasteiger partial charge in [-0.15, -0.1) is 0 Å². The van der Waals surface area contributed by atoms with E-state index in [1.54, 1.807) is 7.05 Å². The van der Waals surface area contributed by atoms with Crippen molar-refractivity contribution in [2.24, 2.45) is 7.05 Å². The third-order valence-electron chi connectivity index (χ3n) is 2.07. The summed E-state index contributed by atoms with van der Waals surface area (Å²) in [4.78, 5) is 22.3. The maximum absolute atomic E-state index is 11.6. The van der Waals surface area contributed by atoms with Crippen molar-refractivity contribution in [1.82, 2.24) is 15.1 Å². The Morgan fingerprint density at radius 1 is 1.62 bits per heavy atom. The molecular weight excluding hydrogens is 212 g/mol. The van der Waals surface area contributed by atoms with Crippen molar-refractivity contribution in [2.75, 3.05) is 19.4 Å². The fourth-order valence-corrected chi connectivity index (χ4v) is 1.10. The number of nitrogens with two attached hydrogens (primary N) is 1. The molecule has 0 saturated heterocycles. The zero-order valence-corrected chi connectivity index (χ0v) is 9.19. The van der Waals surface area contributed by atoms with Gasteiger partial charge < -0.3 is 15.8 Å². The number of aryl methyl sites for hydroxylation is 1. The van der Waals surface area contributed by atoms with E-state index in [1.807, 2.05) is 0 Å². The number of amides is 1. The van der Waals surface area contributed by atoms with Gasteiger partial charge in [-0.25, -0.2) is 0 Å². The van der Waals surface area contributed by atoms with Crippen molar-refractivity contribution < 1.29 is 14.3 Å². The van der Waals surface area contributed by atoms with Crippen LogP contribution in [0.3, 0.4) is 0 Å². The zero-order valence-electron chi connectivity index (χ0n) is 9.19. The number of hydrogen-bond acceptors (Lipinski definition) is 5. The number of carbonyl (C=O) groups excluding carboxylic acids is 2. The van der Waals surface area contributed by atoms with Crippen LogP contribution in [-0.4, -0.2) is 35.3 Å². The molecule has 88 valence electrons. The molecule has 7 nitrogen and oxygen atoms in total. The first-order valence-electron chi connectivity index (χ1n) is 4.68. The summed E-state index contributed by atoms with van der Waals surface area (Å²) in [5.41, 5.74) is 5.91. The van der Waals surface area contributed by atoms with Gasteiger partial charge in [0, 0.05) is 13.6 Å². The van der Waals surface area contributed by atoms with E-state index in [9.17, 15) is 9.59 Å². The lowest BCUT2D eigenvalue weighted by Gasteiger charge is -2.03. The Kier molecular flexibility index (Phi) is 3.87. The highest BCUT2D eigenvalue weighted by molar-refractivity contribution is 5.98. The Hall–Kier alpha value is -2.05. The van der Waals surface area contributed by atoms with Crippen LogP contribution < -0.4 is 11.1 Å². The molecule has 0 aliphatic rings. The summed E-state index contributed by atoms with van der Waals surface area (Å²) in [7, 11) is 2.93. The standard InChI is InChI=1S/C9H14N4O3/c1-13-8(10)6(5-12-13)9(15)11-4-3-7(14)16-2/h5H,3-4,10H2,1-2H3,(H,11,15). The minimum absolute atomic E-state index is 0.127. The first-order chi connectivity index (χ1) is 7.56. The Morgan fingerprint density at radius 3 is 2.81 bits per heavy atom. The number of hydrogen-bond donors (Lipinski definition) is 2. The van der Waals surface area contributed by atoms with Crippen LogP contribution in [0.5, 0.6) is 0 Å². The second kappa shape index (κ2) is 5.15. The topological polar surface area (TPSA) is 99.2 Å². The minimum Gasteiger partial charge on any atom is -0.469 e. The lowest BCUT2D eigenvalue weighted by atomic mass is 10.3. The van der Waals surface area contributed by atoms with Gasteiger partial charge in [-0.3, -0.25) is 14.3 Å². The van der Waals surface area contributed by atoms with Gasteiger partial charge in [-0.2, -0.15) is 5.10 Å². The van der Waals surface area contributed by atoms with Crippen LogP contribution in [-0.2, 0) is 16.6 Å². The third kappa shape index (κ3) is 2.72. The number of nitrogens with zero attached hydrogens (tertiary/aromatic N) is 2. The molecule has 1 amide bonds. The van der Waals surface area contributed by atoms with E-state index in [4.69, 9.17) is 5.73 Å². The van der Waals surface area contributed by atoms with Gasteiger partial charge in [-0.1, -0.05) is 0 Å². The number of ether oxygens (including phenoxy) is 1. The van der Waals surface area contributed by atoms with Crippen molar-refractivity contribution in [1.29, 1.82) is 0 Å². The normalized spacial score (nSPS) is 9.88. The highest BCUT2D eigenvalue weighted by Crippen LogP contribution is 2.08. The third-order valence-corrected chi connectivity index (χ3v) is 2.07. The molecule has 7 heteroatoms. The molecule has 16 heavy (non-hydrogen) atoms. The van der Waals surface area contributed by atoms with E-state index in [0.29, 0.717) is 5.56 Å². The average molecular weight is 226 g/mol. The van der Waals surface area contributed by atoms with E-state index in [0.717, 1.165) is 0 Å². The van der Waals surface area contributed by atoms with Gasteiger partial charge in [0.1, 0.15) is 11.4 Å². The largest absolute Gasteiger partial charge is 0.469 e. The molecule has 0 atom stereocenters. The molecule has 1 aromatic rings. The molecule has 3 N–H and O–H groups in total. The van der Waals surface area contributed by atoms with Crippen molar-refractivity contribution in [3.63, 3.8) is 0 Å². The number of nitrogens with one attached hydrogen (secondary N) is 1. The predicted molar refractivity (Wildman–Crippen MR) is 56.6 cm³/mol. The lowest BCUT2D eigenvalue weighted by Crippen LogP contribution is -2.26. The number of aromatic nitrogens is 2. The molecule has 1 aromatic heterocycles. The van der Waals surface area contributed by atoms with Gasteiger partial charge in [0.25, 0.3) is 5.91 Å². The molecular formula is C9H14N4O3. The Labute approximate surface area is 92.6 Å². The van der Waals surface area contributed by atoms with Gasteiger partial charge in [-0.05, 0) is 0 Å². The Bertz CT molecular complexity index is 399. The van der Waals surface area contributed by atoms with Crippen LogP contribution in [0.25, 0.3) is 0 Å². The zero-order chi connectivity index (χ0) is 12.1. The van der Waals surface area contributed by atoms with Crippen molar-refractivity contribution in [3.8, 4) is 0 Å². The second-order valence-corrected chi connectivity index (χ2v) is 3.15. The summed E-state index contributed by atoms with van der Waals surface area (Å²) >= 11 is 0. The molecule has 0 fully saturated rings. The number of carbonyl (C=O) groups is 2. The second-order valence-electron chi connectivity index (χ2n) is 3.15. The molecule has 1 rings (SSSR count). The number of anilines is 1. The van der Waals surface area contributed by atoms with E-state index >= 15 is 0 Å². The van der Waals surface area contributed by atoms with Gasteiger partial charge in [0.2, 0.25) is 0 Å². The van der Waals surface area contributed by atoms with Crippen molar-refractivity contribution in [3.05, 3.63) is 11.8 Å². The molecule has 0 radical (unpaired) electrons. The van der Waals surface area contributed by atoms with Crippen molar-refractivity contribution in [2.45, 2.75) is 6.42 Å². The lowest BCUT2D eigenvalue weighted by molar-refractivity contribution is -0.140. The predicted octanol–water partition coefficient (Wildman–Crippen LogP) is -0.705. The monoisotopic (exact) mass is 226 g/mol. The maximum atomic E-state index is 11.6. The minimum atomic E-state index is -0.376. The molecule has 0 aliphatic carbocycles. The van der Waals surface area contributed by atoms with Gasteiger partial charge in [0.15, 0.2) is 0 Å². The number of methoxy groups -OCH3 is 1. The summed E-state index contributed by atoms with van der Waals surface area (Å²) in [5, 5.41) is 6.38. The molecule has 1 heterocycles. The fourth-order valence-electron chi connectivity index (χ4n) is 1.10. The number of nitrogen functional groups attached to an aromatic ring is 1. The van der Waals surface area contributed by atoms with E-state index in [1.165, 1.54) is 18.0 Å². The SMILES string of the molecule is COC(=O)CCNC(=O)c1cnn(C)c1N. The van der Waals surface area contributed by atoms with E-state index in [2.05, 4.69) is 15.2 Å². The number of esters is 1. The molecule has 0 spiro atoms. The van der Waals surface area contributed by atoms with Crippen molar-refractivity contribution >= 4 is 17.7 Å². The Morgan fingerprint density at radius 2 is 2.31 bits per heavy atom. The fraction of sp³-hybridized carbons (Fsp3) is 0.444. The highest BCUT2D eigenvalue weighted by Gasteiger charge is 2.13. The molecule has 0 aliphatic heterocycles. The van der Waals surface area contributed by atoms with Crippen LogP contribution in [0.2, 0.25) is 0 Å². The van der Waals surface area contributed by atoms with Gasteiger partial charge in [0.05, 0.1) is 19.7 Å². The van der Waals surface area contributed by atoms with Crippen LogP contribution >= 0.6 is 0 Å². The maximum Gasteiger partial charge on any atom is 0.307 e. The molecule has 0 unspecified atom stereocenters.